The van der Waals surface area contributed by atoms with Gasteiger partial charge in [0.15, 0.2) is 5.13 Å². The highest BCUT2D eigenvalue weighted by Gasteiger charge is 2.09. The average Bonchev–Trinajstić information content (AvgIpc) is 3.17. The molecule has 4 aromatic rings. The number of carbonyl (C=O) groups excluding carboxylic acids is 1. The zero-order chi connectivity index (χ0) is 19.9. The number of para-hydroxylation sites is 1. The summed E-state index contributed by atoms with van der Waals surface area (Å²) in [4.78, 5) is 24.9. The number of benzene rings is 2. The standard InChI is InChI=1S/C21H17N5O2S/c27-19(13-16-14-29-21(25-16)26-20-22-11-4-12-23-20)24-15-7-9-18(10-8-15)28-17-5-2-1-3-6-17/h1-12,14H,13H2,(H,24,27)(H,22,23,25,26). The average molecular weight is 403 g/mol. The van der Waals surface area contributed by atoms with E-state index in [1.54, 1.807) is 30.6 Å². The summed E-state index contributed by atoms with van der Waals surface area (Å²) in [5, 5.41) is 8.35. The van der Waals surface area contributed by atoms with Gasteiger partial charge in [0.1, 0.15) is 11.5 Å². The van der Waals surface area contributed by atoms with Gasteiger partial charge >= 0.3 is 0 Å². The van der Waals surface area contributed by atoms with E-state index in [0.29, 0.717) is 28.2 Å². The first-order chi connectivity index (χ1) is 14.2. The van der Waals surface area contributed by atoms with E-state index in [0.717, 1.165) is 5.75 Å². The van der Waals surface area contributed by atoms with Crippen molar-refractivity contribution in [1.82, 2.24) is 15.0 Å². The SMILES string of the molecule is O=C(Cc1csc(Nc2ncccn2)n1)Nc1ccc(Oc2ccccc2)cc1. The van der Waals surface area contributed by atoms with Crippen LogP contribution in [0.1, 0.15) is 5.69 Å². The molecule has 0 saturated heterocycles. The lowest BCUT2D eigenvalue weighted by atomic mass is 10.2. The molecule has 8 heteroatoms. The Morgan fingerprint density at radius 2 is 1.66 bits per heavy atom. The van der Waals surface area contributed by atoms with Crippen LogP contribution in [0.4, 0.5) is 16.8 Å². The van der Waals surface area contributed by atoms with E-state index in [4.69, 9.17) is 4.74 Å². The number of rotatable bonds is 7. The van der Waals surface area contributed by atoms with Crippen molar-refractivity contribution in [3.8, 4) is 11.5 Å². The van der Waals surface area contributed by atoms with Crippen molar-refractivity contribution in [2.24, 2.45) is 0 Å². The van der Waals surface area contributed by atoms with Crippen molar-refractivity contribution in [2.75, 3.05) is 10.6 Å². The van der Waals surface area contributed by atoms with Gasteiger partial charge in [0.25, 0.3) is 0 Å². The largest absolute Gasteiger partial charge is 0.457 e. The molecular formula is C21H17N5O2S. The van der Waals surface area contributed by atoms with Gasteiger partial charge in [0, 0.05) is 23.5 Å². The number of aromatic nitrogens is 3. The maximum absolute atomic E-state index is 12.3. The van der Waals surface area contributed by atoms with Crippen LogP contribution < -0.4 is 15.4 Å². The van der Waals surface area contributed by atoms with Gasteiger partial charge in [-0.3, -0.25) is 4.79 Å². The first kappa shape index (κ1) is 18.6. The first-order valence-electron chi connectivity index (χ1n) is 8.86. The highest BCUT2D eigenvalue weighted by molar-refractivity contribution is 7.13. The molecule has 1 amide bonds. The third-order valence-electron chi connectivity index (χ3n) is 3.79. The fourth-order valence-electron chi connectivity index (χ4n) is 2.51. The summed E-state index contributed by atoms with van der Waals surface area (Å²) in [5.41, 5.74) is 1.37. The second kappa shape index (κ2) is 8.94. The molecule has 4 rings (SSSR count). The summed E-state index contributed by atoms with van der Waals surface area (Å²) in [5.74, 6) is 1.79. The van der Waals surface area contributed by atoms with Crippen molar-refractivity contribution in [2.45, 2.75) is 6.42 Å². The Hall–Kier alpha value is -3.78. The van der Waals surface area contributed by atoms with Crippen LogP contribution in [0.2, 0.25) is 0 Å². The van der Waals surface area contributed by atoms with Crippen LogP contribution in [0.15, 0.2) is 78.4 Å². The van der Waals surface area contributed by atoms with E-state index in [9.17, 15) is 4.79 Å². The zero-order valence-corrected chi connectivity index (χ0v) is 16.1. The molecule has 0 spiro atoms. The van der Waals surface area contributed by atoms with E-state index in [2.05, 4.69) is 25.6 Å². The van der Waals surface area contributed by atoms with Crippen LogP contribution >= 0.6 is 11.3 Å². The Bertz CT molecular complexity index is 1070. The van der Waals surface area contributed by atoms with Gasteiger partial charge in [-0.15, -0.1) is 11.3 Å². The molecule has 0 unspecified atom stereocenters. The van der Waals surface area contributed by atoms with Gasteiger partial charge in [-0.1, -0.05) is 18.2 Å². The number of hydrogen-bond donors (Lipinski definition) is 2. The van der Waals surface area contributed by atoms with Crippen LogP contribution in [-0.2, 0) is 11.2 Å². The predicted molar refractivity (Wildman–Crippen MR) is 113 cm³/mol. The summed E-state index contributed by atoms with van der Waals surface area (Å²) in [6.07, 6.45) is 3.47. The Morgan fingerprint density at radius 3 is 2.41 bits per heavy atom. The molecule has 0 aliphatic carbocycles. The van der Waals surface area contributed by atoms with E-state index >= 15 is 0 Å². The van der Waals surface area contributed by atoms with Gasteiger partial charge in [-0.2, -0.15) is 0 Å². The lowest BCUT2D eigenvalue weighted by Gasteiger charge is -2.07. The maximum atomic E-state index is 12.3. The highest BCUT2D eigenvalue weighted by Crippen LogP contribution is 2.23. The molecule has 2 aromatic heterocycles. The van der Waals surface area contributed by atoms with Gasteiger partial charge in [-0.05, 0) is 42.5 Å². The molecule has 0 aliphatic heterocycles. The third-order valence-corrected chi connectivity index (χ3v) is 4.60. The topological polar surface area (TPSA) is 89.0 Å². The normalized spacial score (nSPS) is 10.3. The molecule has 7 nitrogen and oxygen atoms in total. The summed E-state index contributed by atoms with van der Waals surface area (Å²) < 4.78 is 5.75. The van der Waals surface area contributed by atoms with Crippen molar-refractivity contribution in [1.29, 1.82) is 0 Å². The van der Waals surface area contributed by atoms with E-state index in [1.807, 2.05) is 47.8 Å². The fraction of sp³-hybridized carbons (Fsp3) is 0.0476. The number of amides is 1. The minimum absolute atomic E-state index is 0.144. The fourth-order valence-corrected chi connectivity index (χ4v) is 3.21. The number of nitrogens with zero attached hydrogens (tertiary/aromatic N) is 3. The Morgan fingerprint density at radius 1 is 0.931 bits per heavy atom. The third kappa shape index (κ3) is 5.36. The molecular weight excluding hydrogens is 386 g/mol. The van der Waals surface area contributed by atoms with Gasteiger partial charge in [0.2, 0.25) is 11.9 Å². The number of thiazole rings is 1. The molecule has 2 heterocycles. The van der Waals surface area contributed by atoms with Crippen LogP contribution in [0.25, 0.3) is 0 Å². The molecule has 0 radical (unpaired) electrons. The maximum Gasteiger partial charge on any atom is 0.230 e. The van der Waals surface area contributed by atoms with E-state index in [1.165, 1.54) is 11.3 Å². The number of anilines is 3. The second-order valence-corrected chi connectivity index (χ2v) is 6.86. The summed E-state index contributed by atoms with van der Waals surface area (Å²) in [6.45, 7) is 0. The quantitative estimate of drug-likeness (QED) is 0.467. The van der Waals surface area contributed by atoms with Gasteiger partial charge < -0.3 is 15.4 Å². The summed E-state index contributed by atoms with van der Waals surface area (Å²) >= 11 is 1.40. The van der Waals surface area contributed by atoms with Crippen molar-refractivity contribution < 1.29 is 9.53 Å². The number of ether oxygens (including phenoxy) is 1. The van der Waals surface area contributed by atoms with Crippen LogP contribution in [0, 0.1) is 0 Å². The number of hydrogen-bond acceptors (Lipinski definition) is 7. The number of carbonyl (C=O) groups is 1. The molecule has 0 bridgehead atoms. The van der Waals surface area contributed by atoms with Crippen LogP contribution in [0.5, 0.6) is 11.5 Å². The highest BCUT2D eigenvalue weighted by atomic mass is 32.1. The number of nitrogens with one attached hydrogen (secondary N) is 2. The predicted octanol–water partition coefficient (Wildman–Crippen LogP) is 4.65. The van der Waals surface area contributed by atoms with Crippen molar-refractivity contribution in [3.63, 3.8) is 0 Å². The van der Waals surface area contributed by atoms with Gasteiger partial charge in [-0.25, -0.2) is 15.0 Å². The minimum Gasteiger partial charge on any atom is -0.457 e. The molecule has 2 aromatic carbocycles. The minimum atomic E-state index is -0.144. The molecule has 144 valence electrons. The first-order valence-corrected chi connectivity index (χ1v) is 9.74. The zero-order valence-electron chi connectivity index (χ0n) is 15.3. The molecule has 0 fully saturated rings. The molecule has 0 aliphatic rings. The molecule has 29 heavy (non-hydrogen) atoms. The monoisotopic (exact) mass is 403 g/mol. The Labute approximate surface area is 171 Å². The van der Waals surface area contributed by atoms with E-state index in [-0.39, 0.29) is 12.3 Å². The Balaban J connectivity index is 1.30. The summed E-state index contributed by atoms with van der Waals surface area (Å²) in [7, 11) is 0. The lowest BCUT2D eigenvalue weighted by molar-refractivity contribution is -0.115. The van der Waals surface area contributed by atoms with Crippen LogP contribution in [0.3, 0.4) is 0 Å². The Kier molecular flexibility index (Phi) is 5.73. The van der Waals surface area contributed by atoms with E-state index < -0.39 is 0 Å². The van der Waals surface area contributed by atoms with Crippen molar-refractivity contribution in [3.05, 3.63) is 84.1 Å². The van der Waals surface area contributed by atoms with Gasteiger partial charge in [0.05, 0.1) is 12.1 Å². The second-order valence-electron chi connectivity index (χ2n) is 6.01. The lowest BCUT2D eigenvalue weighted by Crippen LogP contribution is -2.14. The van der Waals surface area contributed by atoms with Crippen molar-refractivity contribution >= 4 is 34.0 Å². The summed E-state index contributed by atoms with van der Waals surface area (Å²) in [6, 6.07) is 18.5. The van der Waals surface area contributed by atoms with Crippen LogP contribution in [-0.4, -0.2) is 20.9 Å². The smallest absolute Gasteiger partial charge is 0.230 e. The molecule has 2 N–H and O–H groups in total. The molecule has 0 atom stereocenters. The molecule has 0 saturated carbocycles.